The van der Waals surface area contributed by atoms with Gasteiger partial charge in [0.25, 0.3) is 0 Å². The van der Waals surface area contributed by atoms with E-state index in [1.54, 1.807) is 0 Å². The second kappa shape index (κ2) is 6.23. The van der Waals surface area contributed by atoms with Crippen LogP contribution in [0.1, 0.15) is 12.8 Å². The largest absolute Gasteiger partial charge is 0.480 e. The summed E-state index contributed by atoms with van der Waals surface area (Å²) in [5.74, 6) is -0.802. The zero-order valence-corrected chi connectivity index (χ0v) is 10.6. The minimum atomic E-state index is -1.08. The molecule has 2 atom stereocenters. The molecule has 0 bridgehead atoms. The van der Waals surface area contributed by atoms with E-state index in [2.05, 4.69) is 5.32 Å². The number of rotatable bonds is 6. The molecule has 2 unspecified atom stereocenters. The number of hydrogen-bond acceptors (Lipinski definition) is 5. The van der Waals surface area contributed by atoms with Gasteiger partial charge in [-0.15, -0.1) is 0 Å². The average molecular weight is 262 g/mol. The molecule has 0 aliphatic carbocycles. The van der Waals surface area contributed by atoms with Crippen LogP contribution in [0, 0.1) is 0 Å². The number of ether oxygens (including phenoxy) is 1. The van der Waals surface area contributed by atoms with Crippen LogP contribution >= 0.6 is 11.8 Å². The Morgan fingerprint density at radius 2 is 2.35 bits per heavy atom. The topological polar surface area (TPSA) is 102 Å². The Labute approximate surface area is 104 Å². The van der Waals surface area contributed by atoms with Crippen LogP contribution in [-0.2, 0) is 14.3 Å². The van der Waals surface area contributed by atoms with Crippen molar-refractivity contribution in [1.82, 2.24) is 5.32 Å². The molecule has 1 rings (SSSR count). The molecular formula is C10H18N2O4S. The maximum atomic E-state index is 11.9. The van der Waals surface area contributed by atoms with Gasteiger partial charge in [-0.3, -0.25) is 4.79 Å². The fourth-order valence-electron chi connectivity index (χ4n) is 1.55. The molecule has 6 nitrogen and oxygen atoms in total. The summed E-state index contributed by atoms with van der Waals surface area (Å²) < 4.78 is 5.07. The van der Waals surface area contributed by atoms with Crippen LogP contribution < -0.4 is 11.1 Å². The molecule has 1 aliphatic rings. The summed E-state index contributed by atoms with van der Waals surface area (Å²) in [6, 6.07) is -0.879. The molecule has 4 N–H and O–H groups in total. The number of thioether (sulfide) groups is 1. The van der Waals surface area contributed by atoms with Crippen LogP contribution in [-0.4, -0.2) is 53.8 Å². The fourth-order valence-corrected chi connectivity index (χ4v) is 2.03. The lowest BCUT2D eigenvalue weighted by Crippen LogP contribution is -2.58. The van der Waals surface area contributed by atoms with Crippen LogP contribution in [0.15, 0.2) is 0 Å². The third-order valence-corrected chi connectivity index (χ3v) is 3.36. The van der Waals surface area contributed by atoms with E-state index < -0.39 is 23.5 Å². The van der Waals surface area contributed by atoms with Crippen molar-refractivity contribution in [2.45, 2.75) is 24.4 Å². The average Bonchev–Trinajstić information content (AvgIpc) is 2.72. The summed E-state index contributed by atoms with van der Waals surface area (Å²) in [7, 11) is 0. The van der Waals surface area contributed by atoms with Gasteiger partial charge in [0, 0.05) is 6.61 Å². The highest BCUT2D eigenvalue weighted by molar-refractivity contribution is 7.98. The third-order valence-electron chi connectivity index (χ3n) is 2.72. The quantitative estimate of drug-likeness (QED) is 0.592. The Hall–Kier alpha value is -0.790. The first-order valence-corrected chi connectivity index (χ1v) is 6.78. The number of aliphatic carboxylic acids is 1. The maximum absolute atomic E-state index is 11.9. The van der Waals surface area contributed by atoms with Crippen molar-refractivity contribution in [3.63, 3.8) is 0 Å². The van der Waals surface area contributed by atoms with E-state index >= 15 is 0 Å². The zero-order valence-electron chi connectivity index (χ0n) is 9.77. The summed E-state index contributed by atoms with van der Waals surface area (Å²) in [6.45, 7) is 0.584. The SMILES string of the molecule is CSCCC(NC(=O)C1(N)CCOC1)C(=O)O. The van der Waals surface area contributed by atoms with E-state index in [0.29, 0.717) is 25.2 Å². The lowest BCUT2D eigenvalue weighted by Gasteiger charge is -2.23. The van der Waals surface area contributed by atoms with Gasteiger partial charge < -0.3 is 20.9 Å². The van der Waals surface area contributed by atoms with Crippen molar-refractivity contribution in [2.24, 2.45) is 5.73 Å². The molecule has 98 valence electrons. The van der Waals surface area contributed by atoms with Crippen molar-refractivity contribution in [1.29, 1.82) is 0 Å². The molecule has 7 heteroatoms. The molecule has 1 saturated heterocycles. The second-order valence-electron chi connectivity index (χ2n) is 4.10. The van der Waals surface area contributed by atoms with E-state index in [0.717, 1.165) is 0 Å². The monoisotopic (exact) mass is 262 g/mol. The van der Waals surface area contributed by atoms with Crippen molar-refractivity contribution in [3.8, 4) is 0 Å². The number of hydrogen-bond donors (Lipinski definition) is 3. The van der Waals surface area contributed by atoms with Gasteiger partial charge in [-0.25, -0.2) is 4.79 Å². The molecule has 0 saturated carbocycles. The van der Waals surface area contributed by atoms with Gasteiger partial charge in [0.2, 0.25) is 5.91 Å². The van der Waals surface area contributed by atoms with Gasteiger partial charge in [0.15, 0.2) is 0 Å². The Balaban J connectivity index is 2.54. The normalized spacial score (nSPS) is 25.5. The van der Waals surface area contributed by atoms with Gasteiger partial charge in [0.05, 0.1) is 6.61 Å². The van der Waals surface area contributed by atoms with Crippen molar-refractivity contribution in [2.75, 3.05) is 25.2 Å². The van der Waals surface area contributed by atoms with Crippen LogP contribution in [0.25, 0.3) is 0 Å². The molecule has 0 spiro atoms. The molecule has 1 amide bonds. The van der Waals surface area contributed by atoms with Crippen LogP contribution in [0.4, 0.5) is 0 Å². The minimum absolute atomic E-state index is 0.147. The third kappa shape index (κ3) is 3.86. The van der Waals surface area contributed by atoms with Gasteiger partial charge in [-0.2, -0.15) is 11.8 Å². The molecule has 0 aromatic heterocycles. The Kier molecular flexibility index (Phi) is 5.23. The number of carbonyl (C=O) groups is 2. The van der Waals surface area contributed by atoms with Crippen LogP contribution in [0.2, 0.25) is 0 Å². The Bertz CT molecular complexity index is 292. The lowest BCUT2D eigenvalue weighted by atomic mass is 9.98. The van der Waals surface area contributed by atoms with Gasteiger partial charge in [-0.05, 0) is 24.9 Å². The van der Waals surface area contributed by atoms with Gasteiger partial charge in [-0.1, -0.05) is 0 Å². The molecule has 17 heavy (non-hydrogen) atoms. The maximum Gasteiger partial charge on any atom is 0.326 e. The number of amides is 1. The smallest absolute Gasteiger partial charge is 0.326 e. The standard InChI is InChI=1S/C10H18N2O4S/c1-17-5-2-7(8(13)14)12-9(15)10(11)3-4-16-6-10/h7H,2-6,11H2,1H3,(H,12,15)(H,13,14). The van der Waals surface area contributed by atoms with E-state index in [1.807, 2.05) is 6.26 Å². The summed E-state index contributed by atoms with van der Waals surface area (Å²) in [4.78, 5) is 22.8. The second-order valence-corrected chi connectivity index (χ2v) is 5.09. The predicted molar refractivity (Wildman–Crippen MR) is 64.9 cm³/mol. The van der Waals surface area contributed by atoms with E-state index in [-0.39, 0.29) is 6.61 Å². The van der Waals surface area contributed by atoms with Crippen molar-refractivity contribution in [3.05, 3.63) is 0 Å². The van der Waals surface area contributed by atoms with Crippen molar-refractivity contribution < 1.29 is 19.4 Å². The predicted octanol–water partition coefficient (Wildman–Crippen LogP) is -0.573. The fraction of sp³-hybridized carbons (Fsp3) is 0.800. The summed E-state index contributed by atoms with van der Waals surface area (Å²) in [5, 5.41) is 11.5. The molecular weight excluding hydrogens is 244 g/mol. The number of carboxylic acids is 1. The summed E-state index contributed by atoms with van der Waals surface area (Å²) in [6.07, 6.45) is 2.70. The van der Waals surface area contributed by atoms with Gasteiger partial charge in [0.1, 0.15) is 11.6 Å². The first-order valence-electron chi connectivity index (χ1n) is 5.39. The molecule has 0 aromatic carbocycles. The molecule has 0 aromatic rings. The van der Waals surface area contributed by atoms with E-state index in [1.165, 1.54) is 11.8 Å². The first-order chi connectivity index (χ1) is 7.99. The molecule has 1 fully saturated rings. The number of nitrogens with one attached hydrogen (secondary N) is 1. The van der Waals surface area contributed by atoms with Crippen molar-refractivity contribution >= 4 is 23.6 Å². The highest BCUT2D eigenvalue weighted by atomic mass is 32.2. The highest BCUT2D eigenvalue weighted by Crippen LogP contribution is 2.16. The lowest BCUT2D eigenvalue weighted by molar-refractivity contribution is -0.142. The van der Waals surface area contributed by atoms with E-state index in [9.17, 15) is 9.59 Å². The number of carboxylic acid groups (broad SMARTS) is 1. The van der Waals surface area contributed by atoms with Crippen LogP contribution in [0.3, 0.4) is 0 Å². The minimum Gasteiger partial charge on any atom is -0.480 e. The highest BCUT2D eigenvalue weighted by Gasteiger charge is 2.39. The zero-order chi connectivity index (χ0) is 12.9. The Morgan fingerprint density at radius 3 is 2.82 bits per heavy atom. The molecule has 0 radical (unpaired) electrons. The summed E-state index contributed by atoms with van der Waals surface area (Å²) in [5.41, 5.74) is 4.77. The summed E-state index contributed by atoms with van der Waals surface area (Å²) >= 11 is 1.54. The molecule has 1 aliphatic heterocycles. The Morgan fingerprint density at radius 1 is 1.65 bits per heavy atom. The van der Waals surface area contributed by atoms with Crippen LogP contribution in [0.5, 0.6) is 0 Å². The van der Waals surface area contributed by atoms with Gasteiger partial charge >= 0.3 is 5.97 Å². The molecule has 1 heterocycles. The number of carbonyl (C=O) groups excluding carboxylic acids is 1. The first kappa shape index (κ1) is 14.3. The van der Waals surface area contributed by atoms with E-state index in [4.69, 9.17) is 15.6 Å². The number of nitrogens with two attached hydrogens (primary N) is 1.